The number of tetrazole rings is 1. The topological polar surface area (TPSA) is 86.7 Å². The van der Waals surface area contributed by atoms with Crippen LogP contribution in [0.1, 0.15) is 6.42 Å². The van der Waals surface area contributed by atoms with Crippen LogP contribution in [0.25, 0.3) is 11.4 Å². The summed E-state index contributed by atoms with van der Waals surface area (Å²) in [7, 11) is -0.842. The number of rotatable bonds is 5. The van der Waals surface area contributed by atoms with Gasteiger partial charge in [0.15, 0.2) is 5.82 Å². The standard InChI is InChI=1S/C11H14FN5OS/c1-19(18)6-2-5-17-11(14-15-16-17)9-4-3-8(12)7-10(9)13/h3-4,7H,2,5-6,13H2,1H3. The van der Waals surface area contributed by atoms with Crippen molar-refractivity contribution in [3.8, 4) is 11.4 Å². The number of nitrogen functional groups attached to an aromatic ring is 1. The van der Waals surface area contributed by atoms with Gasteiger partial charge in [-0.25, -0.2) is 9.07 Å². The van der Waals surface area contributed by atoms with Crippen molar-refractivity contribution in [1.82, 2.24) is 20.2 Å². The molecule has 8 heteroatoms. The minimum atomic E-state index is -0.842. The number of benzene rings is 1. The van der Waals surface area contributed by atoms with E-state index in [4.69, 9.17) is 5.73 Å². The third-order valence-electron chi connectivity index (χ3n) is 2.59. The van der Waals surface area contributed by atoms with Gasteiger partial charge in [-0.2, -0.15) is 0 Å². The summed E-state index contributed by atoms with van der Waals surface area (Å²) in [6.45, 7) is 0.540. The predicted molar refractivity (Wildman–Crippen MR) is 71.2 cm³/mol. The number of aryl methyl sites for hydroxylation is 1. The Bertz CT molecular complexity index is 601. The number of nitrogens with two attached hydrogens (primary N) is 1. The molecule has 1 atom stereocenters. The van der Waals surface area contributed by atoms with Gasteiger partial charge in [-0.05, 0) is 35.0 Å². The number of aromatic nitrogens is 4. The smallest absolute Gasteiger partial charge is 0.184 e. The van der Waals surface area contributed by atoms with Crippen LogP contribution >= 0.6 is 0 Å². The van der Waals surface area contributed by atoms with Crippen LogP contribution in [0.2, 0.25) is 0 Å². The van der Waals surface area contributed by atoms with Gasteiger partial charge in [-0.1, -0.05) is 0 Å². The normalized spacial score (nSPS) is 12.5. The van der Waals surface area contributed by atoms with Gasteiger partial charge in [0.25, 0.3) is 0 Å². The fourth-order valence-corrected chi connectivity index (χ4v) is 2.24. The highest BCUT2D eigenvalue weighted by Crippen LogP contribution is 2.24. The summed E-state index contributed by atoms with van der Waals surface area (Å²) in [6.07, 6.45) is 2.35. The number of hydrogen-bond donors (Lipinski definition) is 1. The molecule has 1 heterocycles. The van der Waals surface area contributed by atoms with E-state index in [1.165, 1.54) is 12.1 Å². The first-order valence-electron chi connectivity index (χ1n) is 5.69. The van der Waals surface area contributed by atoms with E-state index in [2.05, 4.69) is 15.5 Å². The molecule has 2 rings (SSSR count). The lowest BCUT2D eigenvalue weighted by Crippen LogP contribution is -2.07. The van der Waals surface area contributed by atoms with E-state index < -0.39 is 16.6 Å². The van der Waals surface area contributed by atoms with Crippen LogP contribution in [0, 0.1) is 5.82 Å². The number of nitrogens with zero attached hydrogens (tertiary/aromatic N) is 4. The van der Waals surface area contributed by atoms with E-state index in [0.29, 0.717) is 30.1 Å². The molecule has 0 spiro atoms. The van der Waals surface area contributed by atoms with Gasteiger partial charge in [0.2, 0.25) is 0 Å². The molecule has 1 aromatic heterocycles. The van der Waals surface area contributed by atoms with Crippen molar-refractivity contribution in [1.29, 1.82) is 0 Å². The molecule has 0 fully saturated rings. The van der Waals surface area contributed by atoms with Crippen molar-refractivity contribution in [2.75, 3.05) is 17.7 Å². The molecule has 0 aliphatic rings. The highest BCUT2D eigenvalue weighted by atomic mass is 32.2. The van der Waals surface area contributed by atoms with Crippen LogP contribution in [0.3, 0.4) is 0 Å². The molecule has 102 valence electrons. The van der Waals surface area contributed by atoms with Crippen molar-refractivity contribution in [2.45, 2.75) is 13.0 Å². The van der Waals surface area contributed by atoms with E-state index in [1.807, 2.05) is 0 Å². The Hall–Kier alpha value is -1.83. The van der Waals surface area contributed by atoms with Gasteiger partial charge in [0.1, 0.15) is 5.82 Å². The molecule has 2 aromatic rings. The second kappa shape index (κ2) is 5.87. The minimum absolute atomic E-state index is 0.287. The van der Waals surface area contributed by atoms with E-state index in [9.17, 15) is 8.60 Å². The average molecular weight is 283 g/mol. The van der Waals surface area contributed by atoms with E-state index in [-0.39, 0.29) is 5.69 Å². The summed E-state index contributed by atoms with van der Waals surface area (Å²) in [5.74, 6) is 0.666. The van der Waals surface area contributed by atoms with Crippen LogP contribution in [0.5, 0.6) is 0 Å². The SMILES string of the molecule is CS(=O)CCCn1nnnc1-c1ccc(F)cc1N. The van der Waals surface area contributed by atoms with Crippen LogP contribution in [0.4, 0.5) is 10.1 Å². The second-order valence-corrected chi connectivity index (χ2v) is 5.64. The van der Waals surface area contributed by atoms with E-state index in [1.54, 1.807) is 17.0 Å². The van der Waals surface area contributed by atoms with Gasteiger partial charge in [-0.3, -0.25) is 4.21 Å². The summed E-state index contributed by atoms with van der Waals surface area (Å²) >= 11 is 0. The Morgan fingerprint density at radius 3 is 2.95 bits per heavy atom. The first-order chi connectivity index (χ1) is 9.08. The maximum absolute atomic E-state index is 13.0. The molecule has 1 unspecified atom stereocenters. The zero-order chi connectivity index (χ0) is 13.8. The van der Waals surface area contributed by atoms with Crippen molar-refractivity contribution in [2.24, 2.45) is 0 Å². The summed E-state index contributed by atoms with van der Waals surface area (Å²) < 4.78 is 25.6. The molecule has 0 radical (unpaired) electrons. The Labute approximate surface area is 112 Å². The first-order valence-corrected chi connectivity index (χ1v) is 7.42. The second-order valence-electron chi connectivity index (χ2n) is 4.09. The van der Waals surface area contributed by atoms with Gasteiger partial charge >= 0.3 is 0 Å². The quantitative estimate of drug-likeness (QED) is 0.821. The third kappa shape index (κ3) is 3.34. The molecular formula is C11H14FN5OS. The molecule has 2 N–H and O–H groups in total. The molecule has 0 aliphatic carbocycles. The first kappa shape index (κ1) is 13.6. The zero-order valence-corrected chi connectivity index (χ0v) is 11.2. The van der Waals surface area contributed by atoms with Gasteiger partial charge in [0.05, 0.1) is 0 Å². The van der Waals surface area contributed by atoms with Crippen LogP contribution in [-0.4, -0.2) is 36.4 Å². The molecule has 1 aromatic carbocycles. The largest absolute Gasteiger partial charge is 0.398 e. The Morgan fingerprint density at radius 1 is 1.47 bits per heavy atom. The third-order valence-corrected chi connectivity index (χ3v) is 3.45. The highest BCUT2D eigenvalue weighted by molar-refractivity contribution is 7.84. The van der Waals surface area contributed by atoms with Crippen LogP contribution in [-0.2, 0) is 17.3 Å². The minimum Gasteiger partial charge on any atom is -0.398 e. The van der Waals surface area contributed by atoms with Crippen molar-refractivity contribution >= 4 is 16.5 Å². The number of hydrogen-bond acceptors (Lipinski definition) is 5. The Kier molecular flexibility index (Phi) is 4.20. The van der Waals surface area contributed by atoms with Gasteiger partial charge < -0.3 is 5.73 Å². The number of anilines is 1. The maximum atomic E-state index is 13.0. The maximum Gasteiger partial charge on any atom is 0.184 e. The zero-order valence-electron chi connectivity index (χ0n) is 10.4. The van der Waals surface area contributed by atoms with Crippen LogP contribution in [0.15, 0.2) is 18.2 Å². The monoisotopic (exact) mass is 283 g/mol. The van der Waals surface area contributed by atoms with Crippen LogP contribution < -0.4 is 5.73 Å². The molecule has 0 saturated heterocycles. The fourth-order valence-electron chi connectivity index (χ4n) is 1.70. The Balaban J connectivity index is 2.21. The van der Waals surface area contributed by atoms with Crippen molar-refractivity contribution in [3.05, 3.63) is 24.0 Å². The average Bonchev–Trinajstić information content (AvgIpc) is 2.77. The Morgan fingerprint density at radius 2 is 2.26 bits per heavy atom. The summed E-state index contributed by atoms with van der Waals surface area (Å²) in [5, 5.41) is 11.4. The molecule has 0 saturated carbocycles. The van der Waals surface area contributed by atoms with Gasteiger partial charge in [-0.15, -0.1) is 5.10 Å². The van der Waals surface area contributed by atoms with Crippen molar-refractivity contribution in [3.63, 3.8) is 0 Å². The fraction of sp³-hybridized carbons (Fsp3) is 0.364. The molecular weight excluding hydrogens is 269 g/mol. The lowest BCUT2D eigenvalue weighted by molar-refractivity contribution is 0.583. The molecule has 6 nitrogen and oxygen atoms in total. The van der Waals surface area contributed by atoms with Gasteiger partial charge in [0, 0.05) is 40.6 Å². The summed E-state index contributed by atoms with van der Waals surface area (Å²) in [5.41, 5.74) is 6.64. The molecule has 0 bridgehead atoms. The lowest BCUT2D eigenvalue weighted by Gasteiger charge is -2.06. The summed E-state index contributed by atoms with van der Waals surface area (Å²) in [4.78, 5) is 0. The molecule has 19 heavy (non-hydrogen) atoms. The molecule has 0 amide bonds. The van der Waals surface area contributed by atoms with E-state index in [0.717, 1.165) is 0 Å². The predicted octanol–water partition coefficient (Wildman–Crippen LogP) is 0.830. The summed E-state index contributed by atoms with van der Waals surface area (Å²) in [6, 6.07) is 4.09. The van der Waals surface area contributed by atoms with E-state index >= 15 is 0 Å². The lowest BCUT2D eigenvalue weighted by atomic mass is 10.1. The highest BCUT2D eigenvalue weighted by Gasteiger charge is 2.12. The molecule has 0 aliphatic heterocycles. The van der Waals surface area contributed by atoms with Crippen molar-refractivity contribution < 1.29 is 8.60 Å². The number of halogens is 1.